The van der Waals surface area contributed by atoms with Gasteiger partial charge in [0.25, 0.3) is 0 Å². The maximum Gasteiger partial charge on any atom is 0.210 e. The third-order valence-corrected chi connectivity index (χ3v) is 4.44. The predicted molar refractivity (Wildman–Crippen MR) is 85.1 cm³/mol. The van der Waals surface area contributed by atoms with E-state index in [1.54, 1.807) is 0 Å². The van der Waals surface area contributed by atoms with Crippen LogP contribution in [0.5, 0.6) is 5.75 Å². The molecule has 124 valence electrons. The standard InChI is InChI=1S/C15H19FN4O2S/c1-15(2,3)13-18-19-14(20(13)17)23-7-10-5-11(16)4-9-6-21-8-22-12(9)10/h4-5H,6-8,17H2,1-3H3. The fourth-order valence-electron chi connectivity index (χ4n) is 2.39. The lowest BCUT2D eigenvalue weighted by atomic mass is 9.96. The number of benzene rings is 1. The van der Waals surface area contributed by atoms with Gasteiger partial charge in [-0.2, -0.15) is 0 Å². The summed E-state index contributed by atoms with van der Waals surface area (Å²) in [7, 11) is 0. The molecule has 2 N–H and O–H groups in total. The molecule has 8 heteroatoms. The molecule has 0 spiro atoms. The molecule has 0 radical (unpaired) electrons. The van der Waals surface area contributed by atoms with Crippen molar-refractivity contribution in [3.63, 3.8) is 0 Å². The Morgan fingerprint density at radius 1 is 1.35 bits per heavy atom. The van der Waals surface area contributed by atoms with Crippen molar-refractivity contribution in [3.8, 4) is 5.75 Å². The lowest BCUT2D eigenvalue weighted by Gasteiger charge is -2.20. The summed E-state index contributed by atoms with van der Waals surface area (Å²) in [4.78, 5) is 0. The van der Waals surface area contributed by atoms with Crippen molar-refractivity contribution in [1.29, 1.82) is 0 Å². The Balaban J connectivity index is 1.82. The van der Waals surface area contributed by atoms with Crippen LogP contribution in [0.4, 0.5) is 4.39 Å². The molecule has 0 saturated carbocycles. The van der Waals surface area contributed by atoms with Crippen LogP contribution in [0.1, 0.15) is 37.7 Å². The summed E-state index contributed by atoms with van der Waals surface area (Å²) >= 11 is 1.40. The van der Waals surface area contributed by atoms with Crippen molar-refractivity contribution in [2.24, 2.45) is 0 Å². The molecule has 23 heavy (non-hydrogen) atoms. The fraction of sp³-hybridized carbons (Fsp3) is 0.467. The molecule has 1 aliphatic rings. The molecule has 0 bridgehead atoms. The van der Waals surface area contributed by atoms with E-state index in [0.29, 0.717) is 29.1 Å². The van der Waals surface area contributed by atoms with Crippen LogP contribution in [0.3, 0.4) is 0 Å². The molecule has 2 aromatic rings. The number of halogens is 1. The summed E-state index contributed by atoms with van der Waals surface area (Å²) in [6, 6.07) is 2.91. The first-order chi connectivity index (χ1) is 10.9. The van der Waals surface area contributed by atoms with Gasteiger partial charge in [-0.15, -0.1) is 10.2 Å². The normalized spacial score (nSPS) is 14.4. The Hall–Kier alpha value is -1.80. The molecule has 0 fully saturated rings. The second kappa shape index (κ2) is 6.01. The molecule has 6 nitrogen and oxygen atoms in total. The molecule has 0 amide bonds. The number of fused-ring (bicyclic) bond motifs is 1. The molecule has 0 aliphatic carbocycles. The van der Waals surface area contributed by atoms with Gasteiger partial charge in [0, 0.05) is 22.3 Å². The number of rotatable bonds is 3. The highest BCUT2D eigenvalue weighted by atomic mass is 32.2. The first-order valence-corrected chi connectivity index (χ1v) is 8.20. The summed E-state index contributed by atoms with van der Waals surface area (Å²) in [5.41, 5.74) is 1.28. The van der Waals surface area contributed by atoms with E-state index in [1.165, 1.54) is 28.6 Å². The first-order valence-electron chi connectivity index (χ1n) is 7.22. The number of nitrogen functional groups attached to an aromatic ring is 1. The van der Waals surface area contributed by atoms with Gasteiger partial charge in [-0.25, -0.2) is 9.07 Å². The van der Waals surface area contributed by atoms with Crippen LogP contribution in [-0.2, 0) is 22.5 Å². The molecular formula is C15H19FN4O2S. The maximum atomic E-state index is 13.7. The van der Waals surface area contributed by atoms with E-state index in [-0.39, 0.29) is 18.0 Å². The average molecular weight is 338 g/mol. The molecule has 1 aromatic heterocycles. The van der Waals surface area contributed by atoms with Crippen molar-refractivity contribution < 1.29 is 13.9 Å². The minimum atomic E-state index is -0.307. The van der Waals surface area contributed by atoms with Gasteiger partial charge in [0.15, 0.2) is 12.6 Å². The second-order valence-corrected chi connectivity index (χ2v) is 7.32. The minimum absolute atomic E-state index is 0.178. The highest BCUT2D eigenvalue weighted by molar-refractivity contribution is 7.98. The van der Waals surface area contributed by atoms with Gasteiger partial charge in [0.2, 0.25) is 5.16 Å². The van der Waals surface area contributed by atoms with E-state index >= 15 is 0 Å². The van der Waals surface area contributed by atoms with Crippen molar-refractivity contribution in [1.82, 2.24) is 14.9 Å². The van der Waals surface area contributed by atoms with Crippen molar-refractivity contribution in [2.75, 3.05) is 12.6 Å². The number of nitrogens with zero attached hydrogens (tertiary/aromatic N) is 3. The third-order valence-electron chi connectivity index (χ3n) is 3.44. The van der Waals surface area contributed by atoms with Crippen LogP contribution in [0.15, 0.2) is 17.3 Å². The van der Waals surface area contributed by atoms with E-state index in [2.05, 4.69) is 10.2 Å². The minimum Gasteiger partial charge on any atom is -0.467 e. The number of aromatic nitrogens is 3. The molecule has 1 aromatic carbocycles. The molecule has 1 aliphatic heterocycles. The highest BCUT2D eigenvalue weighted by Crippen LogP contribution is 2.34. The summed E-state index contributed by atoms with van der Waals surface area (Å²) in [6.45, 7) is 6.59. The second-order valence-electron chi connectivity index (χ2n) is 6.38. The summed E-state index contributed by atoms with van der Waals surface area (Å²) in [5.74, 6) is 7.63. The molecular weight excluding hydrogens is 319 g/mol. The van der Waals surface area contributed by atoms with Crippen LogP contribution in [-0.4, -0.2) is 21.7 Å². The van der Waals surface area contributed by atoms with Gasteiger partial charge >= 0.3 is 0 Å². The largest absolute Gasteiger partial charge is 0.467 e. The summed E-state index contributed by atoms with van der Waals surface area (Å²) < 4.78 is 25.9. The Morgan fingerprint density at radius 2 is 2.13 bits per heavy atom. The van der Waals surface area contributed by atoms with Gasteiger partial charge < -0.3 is 15.3 Å². The number of hydrogen-bond donors (Lipinski definition) is 1. The quantitative estimate of drug-likeness (QED) is 0.685. The Morgan fingerprint density at radius 3 is 2.83 bits per heavy atom. The zero-order valence-corrected chi connectivity index (χ0v) is 14.1. The number of thioether (sulfide) groups is 1. The topological polar surface area (TPSA) is 75.2 Å². The lowest BCUT2D eigenvalue weighted by Crippen LogP contribution is -2.24. The smallest absolute Gasteiger partial charge is 0.210 e. The van der Waals surface area contributed by atoms with E-state index in [4.69, 9.17) is 15.3 Å². The first kappa shape index (κ1) is 16.1. The number of ether oxygens (including phenoxy) is 2. The molecule has 0 saturated heterocycles. The van der Waals surface area contributed by atoms with E-state index in [1.807, 2.05) is 20.8 Å². The van der Waals surface area contributed by atoms with E-state index in [0.717, 1.165) is 11.1 Å². The highest BCUT2D eigenvalue weighted by Gasteiger charge is 2.23. The summed E-state index contributed by atoms with van der Waals surface area (Å²) in [6.07, 6.45) is 0. The van der Waals surface area contributed by atoms with Gasteiger partial charge in [0.1, 0.15) is 11.6 Å². The predicted octanol–water partition coefficient (Wildman–Crippen LogP) is 2.59. The Labute approximate surface area is 138 Å². The number of nitrogens with two attached hydrogens (primary N) is 1. The zero-order chi connectivity index (χ0) is 16.6. The van der Waals surface area contributed by atoms with E-state index < -0.39 is 0 Å². The van der Waals surface area contributed by atoms with Crippen LogP contribution >= 0.6 is 11.8 Å². The third kappa shape index (κ3) is 3.28. The number of hydrogen-bond acceptors (Lipinski definition) is 6. The van der Waals surface area contributed by atoms with Crippen molar-refractivity contribution in [3.05, 3.63) is 34.9 Å². The maximum absolute atomic E-state index is 13.7. The summed E-state index contributed by atoms with van der Waals surface area (Å²) in [5, 5.41) is 8.85. The fourth-order valence-corrected chi connectivity index (χ4v) is 3.22. The van der Waals surface area contributed by atoms with Crippen LogP contribution in [0.25, 0.3) is 0 Å². The molecule has 0 unspecified atom stereocenters. The van der Waals surface area contributed by atoms with Gasteiger partial charge in [0.05, 0.1) is 6.61 Å². The SMILES string of the molecule is CC(C)(C)c1nnc(SCc2cc(F)cc3c2OCOC3)n1N. The van der Waals surface area contributed by atoms with Gasteiger partial charge in [-0.05, 0) is 12.1 Å². The van der Waals surface area contributed by atoms with Gasteiger partial charge in [-0.3, -0.25) is 0 Å². The average Bonchev–Trinajstić information content (AvgIpc) is 2.85. The van der Waals surface area contributed by atoms with Crippen molar-refractivity contribution >= 4 is 11.8 Å². The molecule has 2 heterocycles. The van der Waals surface area contributed by atoms with Crippen LogP contribution in [0.2, 0.25) is 0 Å². The monoisotopic (exact) mass is 338 g/mol. The lowest BCUT2D eigenvalue weighted by molar-refractivity contribution is -0.0171. The Kier molecular flexibility index (Phi) is 4.20. The zero-order valence-electron chi connectivity index (χ0n) is 13.3. The van der Waals surface area contributed by atoms with Crippen LogP contribution in [0, 0.1) is 5.82 Å². The van der Waals surface area contributed by atoms with Crippen molar-refractivity contribution in [2.45, 2.75) is 43.7 Å². The van der Waals surface area contributed by atoms with E-state index in [9.17, 15) is 4.39 Å². The molecule has 3 rings (SSSR count). The van der Waals surface area contributed by atoms with Gasteiger partial charge in [-0.1, -0.05) is 32.5 Å². The Bertz CT molecular complexity index is 727. The van der Waals surface area contributed by atoms with Crippen LogP contribution < -0.4 is 10.6 Å². The molecule has 0 atom stereocenters.